The van der Waals surface area contributed by atoms with Gasteiger partial charge >= 0.3 is 0 Å². The normalized spacial score (nSPS) is 15.1. The van der Waals surface area contributed by atoms with E-state index in [-0.39, 0.29) is 18.0 Å². The number of Topliss-reactive ketones (excluding diaryl/α,β-unsaturated/α-hetero) is 1. The standard InChI is InChI=1S/C20H17ClFO3PS/c1-26(24,25)20(17-12-27-19-10-7-14(21)11-16(17)19)18(23)4-2-3-13-5-8-15(22)9-6-13/h2-3,5-12,20H,4H2,1H3,(H,24,25)/b3-2+. The molecule has 3 nitrogen and oxygen atoms in total. The third-order valence-electron chi connectivity index (χ3n) is 4.14. The lowest BCUT2D eigenvalue weighted by Gasteiger charge is -2.18. The van der Waals surface area contributed by atoms with Crippen LogP contribution in [0.2, 0.25) is 5.02 Å². The van der Waals surface area contributed by atoms with E-state index in [4.69, 9.17) is 11.6 Å². The van der Waals surface area contributed by atoms with Gasteiger partial charge in [0.25, 0.3) is 0 Å². The highest BCUT2D eigenvalue weighted by Gasteiger charge is 2.35. The molecule has 1 aromatic heterocycles. The average Bonchev–Trinajstić information content (AvgIpc) is 2.98. The Balaban J connectivity index is 1.88. The lowest BCUT2D eigenvalue weighted by Crippen LogP contribution is -2.11. The third kappa shape index (κ3) is 4.74. The zero-order valence-corrected chi connectivity index (χ0v) is 16.9. The van der Waals surface area contributed by atoms with Crippen LogP contribution in [0.4, 0.5) is 4.39 Å². The number of halogens is 2. The molecule has 0 fully saturated rings. The summed E-state index contributed by atoms with van der Waals surface area (Å²) in [4.78, 5) is 23.0. The average molecular weight is 423 g/mol. The highest BCUT2D eigenvalue weighted by atomic mass is 35.5. The molecule has 27 heavy (non-hydrogen) atoms. The summed E-state index contributed by atoms with van der Waals surface area (Å²) in [6.45, 7) is 1.20. The van der Waals surface area contributed by atoms with Crippen LogP contribution in [0.5, 0.6) is 0 Å². The number of benzene rings is 2. The van der Waals surface area contributed by atoms with E-state index in [1.165, 1.54) is 30.1 Å². The van der Waals surface area contributed by atoms with Crippen molar-refractivity contribution in [2.75, 3.05) is 6.66 Å². The van der Waals surface area contributed by atoms with Crippen molar-refractivity contribution >= 4 is 52.3 Å². The van der Waals surface area contributed by atoms with Gasteiger partial charge in [0.05, 0.1) is 0 Å². The van der Waals surface area contributed by atoms with Gasteiger partial charge in [-0.3, -0.25) is 9.36 Å². The molecule has 1 N–H and O–H groups in total. The predicted molar refractivity (Wildman–Crippen MR) is 110 cm³/mol. The lowest BCUT2D eigenvalue weighted by molar-refractivity contribution is -0.118. The largest absolute Gasteiger partial charge is 0.344 e. The fourth-order valence-corrected chi connectivity index (χ4v) is 5.54. The molecule has 2 unspecified atom stereocenters. The Morgan fingerprint density at radius 2 is 2.00 bits per heavy atom. The number of hydrogen-bond acceptors (Lipinski definition) is 3. The van der Waals surface area contributed by atoms with E-state index in [0.29, 0.717) is 10.6 Å². The van der Waals surface area contributed by atoms with Crippen LogP contribution >= 0.6 is 30.3 Å². The summed E-state index contributed by atoms with van der Waals surface area (Å²) in [5, 5.41) is 2.98. The molecule has 1 heterocycles. The van der Waals surface area contributed by atoms with Crippen LogP contribution in [0.25, 0.3) is 16.2 Å². The molecule has 0 spiro atoms. The fraction of sp³-hybridized carbons (Fsp3) is 0.150. The van der Waals surface area contributed by atoms with E-state index < -0.39 is 13.0 Å². The zero-order valence-electron chi connectivity index (χ0n) is 14.4. The van der Waals surface area contributed by atoms with Gasteiger partial charge in [-0.2, -0.15) is 0 Å². The summed E-state index contributed by atoms with van der Waals surface area (Å²) in [5.74, 6) is -0.681. The van der Waals surface area contributed by atoms with Crippen LogP contribution < -0.4 is 0 Å². The van der Waals surface area contributed by atoms with Crippen LogP contribution in [0.1, 0.15) is 23.2 Å². The molecule has 0 amide bonds. The van der Waals surface area contributed by atoms with E-state index in [9.17, 15) is 18.6 Å². The van der Waals surface area contributed by atoms with Gasteiger partial charge in [0.1, 0.15) is 11.5 Å². The van der Waals surface area contributed by atoms with Crippen molar-refractivity contribution in [1.29, 1.82) is 0 Å². The lowest BCUT2D eigenvalue weighted by atomic mass is 10.0. The van der Waals surface area contributed by atoms with E-state index in [2.05, 4.69) is 0 Å². The quantitative estimate of drug-likeness (QED) is 0.474. The first kappa shape index (κ1) is 20.0. The van der Waals surface area contributed by atoms with E-state index >= 15 is 0 Å². The Bertz CT molecular complexity index is 1050. The predicted octanol–water partition coefficient (Wildman–Crippen LogP) is 6.31. The van der Waals surface area contributed by atoms with Crippen LogP contribution in [0, 0.1) is 5.82 Å². The van der Waals surface area contributed by atoms with Crippen molar-refractivity contribution in [2.24, 2.45) is 0 Å². The molecule has 0 aliphatic heterocycles. The highest BCUT2D eigenvalue weighted by molar-refractivity contribution is 7.58. The Hall–Kier alpha value is -1.78. The van der Waals surface area contributed by atoms with Gasteiger partial charge in [0, 0.05) is 22.8 Å². The Morgan fingerprint density at radius 1 is 1.30 bits per heavy atom. The SMILES string of the molecule is CP(=O)(O)C(C(=O)C/C=C/c1ccc(F)cc1)c1csc2ccc(Cl)cc12. The topological polar surface area (TPSA) is 54.4 Å². The number of carbonyl (C=O) groups excluding carboxylic acids is 1. The minimum atomic E-state index is -3.73. The summed E-state index contributed by atoms with van der Waals surface area (Å²) < 4.78 is 26.3. The zero-order chi connectivity index (χ0) is 19.6. The maximum absolute atomic E-state index is 12.9. The Labute approximate surface area is 165 Å². The van der Waals surface area contributed by atoms with Crippen LogP contribution in [-0.4, -0.2) is 17.3 Å². The summed E-state index contributed by atoms with van der Waals surface area (Å²) in [5.41, 5.74) is 0.172. The number of fused-ring (bicyclic) bond motifs is 1. The fourth-order valence-electron chi connectivity index (χ4n) is 2.93. The second kappa shape index (κ2) is 8.07. The molecule has 7 heteroatoms. The maximum atomic E-state index is 12.9. The summed E-state index contributed by atoms with van der Waals surface area (Å²) in [6.07, 6.45) is 3.31. The van der Waals surface area contributed by atoms with Crippen molar-refractivity contribution in [3.05, 3.63) is 75.9 Å². The number of rotatable bonds is 6. The van der Waals surface area contributed by atoms with Gasteiger partial charge in [0.2, 0.25) is 7.37 Å². The molecule has 140 valence electrons. The number of allylic oxidation sites excluding steroid dienone is 1. The second-order valence-electron chi connectivity index (χ2n) is 6.30. The van der Waals surface area contributed by atoms with Crippen LogP contribution in [0.3, 0.4) is 0 Å². The second-order valence-corrected chi connectivity index (χ2v) is 10.1. The minimum absolute atomic E-state index is 0.00165. The third-order valence-corrected chi connectivity index (χ3v) is 6.88. The van der Waals surface area contributed by atoms with Gasteiger partial charge < -0.3 is 4.89 Å². The van der Waals surface area contributed by atoms with E-state index in [1.54, 1.807) is 41.8 Å². The Kier molecular flexibility index (Phi) is 5.97. The molecular formula is C20H17ClFO3PS. The molecule has 0 aliphatic rings. The van der Waals surface area contributed by atoms with Gasteiger partial charge in [0.15, 0.2) is 5.78 Å². The molecule has 2 aromatic carbocycles. The van der Waals surface area contributed by atoms with Crippen molar-refractivity contribution in [1.82, 2.24) is 0 Å². The molecule has 0 aliphatic carbocycles. The molecule has 3 aromatic rings. The highest BCUT2D eigenvalue weighted by Crippen LogP contribution is 2.55. The number of thiophene rings is 1. The van der Waals surface area contributed by atoms with Crippen molar-refractivity contribution in [2.45, 2.75) is 12.1 Å². The number of ketones is 1. The monoisotopic (exact) mass is 422 g/mol. The first-order chi connectivity index (χ1) is 12.8. The van der Waals surface area contributed by atoms with E-state index in [0.717, 1.165) is 15.6 Å². The van der Waals surface area contributed by atoms with Gasteiger partial charge in [-0.25, -0.2) is 4.39 Å². The number of carbonyl (C=O) groups is 1. The van der Waals surface area contributed by atoms with Crippen molar-refractivity contribution in [3.8, 4) is 0 Å². The molecule has 0 saturated carbocycles. The van der Waals surface area contributed by atoms with Crippen molar-refractivity contribution < 1.29 is 18.6 Å². The summed E-state index contributed by atoms with van der Waals surface area (Å²) in [6, 6.07) is 11.2. The molecule has 2 atom stereocenters. The van der Waals surface area contributed by atoms with Crippen LogP contribution in [0.15, 0.2) is 53.9 Å². The van der Waals surface area contributed by atoms with Gasteiger partial charge in [-0.1, -0.05) is 35.9 Å². The van der Waals surface area contributed by atoms with Gasteiger partial charge in [-0.15, -0.1) is 11.3 Å². The molecule has 0 radical (unpaired) electrons. The van der Waals surface area contributed by atoms with Crippen molar-refractivity contribution in [3.63, 3.8) is 0 Å². The molecule has 3 rings (SSSR count). The Morgan fingerprint density at radius 3 is 2.67 bits per heavy atom. The summed E-state index contributed by atoms with van der Waals surface area (Å²) in [7, 11) is -3.73. The molecular weight excluding hydrogens is 406 g/mol. The first-order valence-electron chi connectivity index (χ1n) is 8.17. The maximum Gasteiger partial charge on any atom is 0.212 e. The van der Waals surface area contributed by atoms with Gasteiger partial charge in [-0.05, 0) is 52.2 Å². The van der Waals surface area contributed by atoms with E-state index in [1.807, 2.05) is 6.07 Å². The molecule has 0 saturated heterocycles. The smallest absolute Gasteiger partial charge is 0.212 e. The van der Waals surface area contributed by atoms with Crippen LogP contribution in [-0.2, 0) is 9.36 Å². The number of hydrogen-bond donors (Lipinski definition) is 1. The first-order valence-corrected chi connectivity index (χ1v) is 11.6. The summed E-state index contributed by atoms with van der Waals surface area (Å²) >= 11 is 7.47. The minimum Gasteiger partial charge on any atom is -0.344 e. The molecule has 0 bridgehead atoms.